The molecule has 0 aromatic heterocycles. The van der Waals surface area contributed by atoms with Crippen molar-refractivity contribution in [2.75, 3.05) is 58.9 Å². The van der Waals surface area contributed by atoms with E-state index in [0.29, 0.717) is 13.0 Å². The Morgan fingerprint density at radius 3 is 1.38 bits per heavy atom. The van der Waals surface area contributed by atoms with Crippen molar-refractivity contribution in [2.24, 2.45) is 0 Å². The van der Waals surface area contributed by atoms with E-state index >= 15 is 0 Å². The molecule has 47 heavy (non-hydrogen) atoms. The van der Waals surface area contributed by atoms with Crippen LogP contribution in [-0.4, -0.2) is 130 Å². The van der Waals surface area contributed by atoms with Gasteiger partial charge < -0.3 is 25.7 Å². The molecule has 5 N–H and O–H groups in total. The highest BCUT2D eigenvalue weighted by atomic mass is 16.4. The van der Waals surface area contributed by atoms with Gasteiger partial charge in [0.1, 0.15) is 0 Å². The summed E-state index contributed by atoms with van der Waals surface area (Å²) in [6.45, 7) is 3.10. The van der Waals surface area contributed by atoms with Crippen molar-refractivity contribution in [1.82, 2.24) is 20.0 Å². The predicted octanol–water partition coefficient (Wildman–Crippen LogP) is 4.39. The summed E-state index contributed by atoms with van der Waals surface area (Å²) in [7, 11) is 0. The molecule has 0 aliphatic rings. The molecule has 0 rings (SSSR count). The van der Waals surface area contributed by atoms with E-state index < -0.39 is 56.1 Å². The van der Waals surface area contributed by atoms with Crippen LogP contribution in [0.4, 0.5) is 0 Å². The molecular formula is C34H64N4O9. The molecule has 0 bridgehead atoms. The van der Waals surface area contributed by atoms with Gasteiger partial charge in [0.2, 0.25) is 5.91 Å². The van der Waals surface area contributed by atoms with Crippen molar-refractivity contribution in [3.8, 4) is 0 Å². The fourth-order valence-electron chi connectivity index (χ4n) is 5.72. The molecule has 0 aromatic carbocycles. The Kier molecular flexibility index (Phi) is 27.6. The van der Waals surface area contributed by atoms with Gasteiger partial charge in [-0.3, -0.25) is 38.7 Å². The van der Waals surface area contributed by atoms with Crippen molar-refractivity contribution >= 4 is 29.8 Å². The molecule has 0 aliphatic heterocycles. The van der Waals surface area contributed by atoms with Crippen LogP contribution in [0.1, 0.15) is 123 Å². The van der Waals surface area contributed by atoms with Gasteiger partial charge in [-0.1, -0.05) is 110 Å². The van der Waals surface area contributed by atoms with E-state index in [9.17, 15) is 44.4 Å². The molecule has 0 saturated carbocycles. The van der Waals surface area contributed by atoms with Gasteiger partial charge in [-0.2, -0.15) is 0 Å². The smallest absolute Gasteiger partial charge is 0.317 e. The average Bonchev–Trinajstić information content (AvgIpc) is 2.98. The quantitative estimate of drug-likeness (QED) is 0.0608. The third-order valence-corrected chi connectivity index (χ3v) is 8.22. The van der Waals surface area contributed by atoms with E-state index in [1.807, 2.05) is 0 Å². The molecule has 0 spiro atoms. The number of hydrogen-bond donors (Lipinski definition) is 5. The molecule has 0 fully saturated rings. The Balaban J connectivity index is 5.52. The number of carboxylic acids is 4. The molecule has 0 aromatic rings. The first-order valence-corrected chi connectivity index (χ1v) is 17.8. The normalized spacial score (nSPS) is 12.1. The average molecular weight is 673 g/mol. The fourth-order valence-corrected chi connectivity index (χ4v) is 5.72. The summed E-state index contributed by atoms with van der Waals surface area (Å²) in [5.41, 5.74) is 0. The lowest BCUT2D eigenvalue weighted by molar-refractivity contribution is -0.143. The van der Waals surface area contributed by atoms with Gasteiger partial charge in [0.25, 0.3) is 0 Å². The monoisotopic (exact) mass is 672 g/mol. The maximum Gasteiger partial charge on any atom is 0.317 e. The molecule has 0 aliphatic carbocycles. The number of carbonyl (C=O) groups excluding carboxylic acids is 1. The number of nitrogens with zero attached hydrogens (tertiary/aromatic N) is 3. The zero-order chi connectivity index (χ0) is 35.3. The van der Waals surface area contributed by atoms with Crippen LogP contribution in [0.15, 0.2) is 0 Å². The third kappa shape index (κ3) is 28.0. The number of unbranched alkanes of at least 4 members (excludes halogenated alkanes) is 14. The Labute approximate surface area is 282 Å². The Morgan fingerprint density at radius 1 is 0.511 bits per heavy atom. The van der Waals surface area contributed by atoms with Gasteiger partial charge in [-0.25, -0.2) is 0 Å². The van der Waals surface area contributed by atoms with E-state index in [1.165, 1.54) is 56.3 Å². The number of aliphatic carboxylic acids is 4. The lowest BCUT2D eigenvalue weighted by Crippen LogP contribution is -2.51. The van der Waals surface area contributed by atoms with Crippen LogP contribution in [-0.2, 0) is 24.0 Å². The maximum absolute atomic E-state index is 13.0. The number of carbonyl (C=O) groups is 5. The number of hydrogen-bond acceptors (Lipinski definition) is 8. The minimum Gasteiger partial charge on any atom is -0.480 e. The summed E-state index contributed by atoms with van der Waals surface area (Å²) in [5, 5.41) is 40.7. The van der Waals surface area contributed by atoms with Gasteiger partial charge in [-0.05, 0) is 12.8 Å². The SMILES string of the molecule is CCCCCCCCCCNC(=O)CN(CC(=O)O)C(CCCCCCCCCC)CN(CCN(CC(=O)O)CC(=O)O)CC(=O)O. The van der Waals surface area contributed by atoms with Crippen molar-refractivity contribution in [3.63, 3.8) is 0 Å². The molecule has 1 atom stereocenters. The van der Waals surface area contributed by atoms with E-state index in [2.05, 4.69) is 19.2 Å². The van der Waals surface area contributed by atoms with Crippen LogP contribution >= 0.6 is 0 Å². The Morgan fingerprint density at radius 2 is 0.915 bits per heavy atom. The number of amides is 1. The molecule has 0 saturated heterocycles. The van der Waals surface area contributed by atoms with Crippen LogP contribution in [0.25, 0.3) is 0 Å². The largest absolute Gasteiger partial charge is 0.480 e. The first-order valence-electron chi connectivity index (χ1n) is 17.8. The number of carboxylic acid groups (broad SMARTS) is 4. The van der Waals surface area contributed by atoms with E-state index in [1.54, 1.807) is 9.80 Å². The maximum atomic E-state index is 13.0. The minimum absolute atomic E-state index is 0.00557. The second kappa shape index (κ2) is 29.4. The lowest BCUT2D eigenvalue weighted by Gasteiger charge is -2.35. The van der Waals surface area contributed by atoms with E-state index in [-0.39, 0.29) is 32.1 Å². The van der Waals surface area contributed by atoms with E-state index in [0.717, 1.165) is 51.4 Å². The van der Waals surface area contributed by atoms with Gasteiger partial charge >= 0.3 is 23.9 Å². The first kappa shape index (κ1) is 44.2. The molecule has 13 heteroatoms. The Hall–Kier alpha value is -2.77. The van der Waals surface area contributed by atoms with Crippen LogP contribution in [0.2, 0.25) is 0 Å². The molecule has 1 amide bonds. The molecular weight excluding hydrogens is 608 g/mol. The van der Waals surface area contributed by atoms with Gasteiger partial charge in [0.05, 0.1) is 32.7 Å². The fraction of sp³-hybridized carbons (Fsp3) is 0.853. The predicted molar refractivity (Wildman–Crippen MR) is 182 cm³/mol. The highest BCUT2D eigenvalue weighted by molar-refractivity contribution is 5.79. The van der Waals surface area contributed by atoms with Gasteiger partial charge in [0.15, 0.2) is 0 Å². The topological polar surface area (TPSA) is 188 Å². The van der Waals surface area contributed by atoms with Gasteiger partial charge in [0, 0.05) is 32.2 Å². The molecule has 274 valence electrons. The summed E-state index contributed by atoms with van der Waals surface area (Å²) < 4.78 is 0. The first-order chi connectivity index (χ1) is 22.5. The zero-order valence-electron chi connectivity index (χ0n) is 29.1. The molecule has 0 radical (unpaired) electrons. The minimum atomic E-state index is -1.20. The molecule has 1 unspecified atom stereocenters. The highest BCUT2D eigenvalue weighted by Crippen LogP contribution is 2.16. The van der Waals surface area contributed by atoms with Crippen molar-refractivity contribution in [2.45, 2.75) is 129 Å². The third-order valence-electron chi connectivity index (χ3n) is 8.22. The number of rotatable bonds is 34. The van der Waals surface area contributed by atoms with Gasteiger partial charge in [-0.15, -0.1) is 0 Å². The van der Waals surface area contributed by atoms with E-state index in [4.69, 9.17) is 0 Å². The van der Waals surface area contributed by atoms with Crippen molar-refractivity contribution in [3.05, 3.63) is 0 Å². The summed E-state index contributed by atoms with van der Waals surface area (Å²) in [6, 6.07) is -0.452. The summed E-state index contributed by atoms with van der Waals surface area (Å²) in [6.07, 6.45) is 18.2. The highest BCUT2D eigenvalue weighted by Gasteiger charge is 2.27. The summed E-state index contributed by atoms with van der Waals surface area (Å²) in [5.74, 6) is -4.90. The standard InChI is InChI=1S/C34H64N4O9/c1-3-5-7-9-11-13-15-17-19-29(23-36(25-31(40)41)21-22-37(26-32(42)43)27-33(44)45)38(28-34(46)47)24-30(39)35-20-18-16-14-12-10-8-6-4-2/h29H,3-28H2,1-2H3,(H,35,39)(H,40,41)(H,42,43)(H,44,45)(H,46,47). The number of nitrogens with one attached hydrogen (secondary N) is 1. The van der Waals surface area contributed by atoms with Crippen molar-refractivity contribution in [1.29, 1.82) is 0 Å². The van der Waals surface area contributed by atoms with Crippen LogP contribution < -0.4 is 5.32 Å². The van der Waals surface area contributed by atoms with Crippen LogP contribution in [0, 0.1) is 0 Å². The van der Waals surface area contributed by atoms with Crippen LogP contribution in [0.5, 0.6) is 0 Å². The summed E-state index contributed by atoms with van der Waals surface area (Å²) in [4.78, 5) is 63.5. The summed E-state index contributed by atoms with van der Waals surface area (Å²) >= 11 is 0. The second-order valence-electron chi connectivity index (χ2n) is 12.7. The zero-order valence-corrected chi connectivity index (χ0v) is 29.1. The van der Waals surface area contributed by atoms with Crippen molar-refractivity contribution < 1.29 is 44.4 Å². The Bertz CT molecular complexity index is 859. The molecule has 13 nitrogen and oxygen atoms in total. The second-order valence-corrected chi connectivity index (χ2v) is 12.7. The molecule has 0 heterocycles. The lowest BCUT2D eigenvalue weighted by atomic mass is 10.0. The van der Waals surface area contributed by atoms with Crippen LogP contribution in [0.3, 0.4) is 0 Å².